The van der Waals surface area contributed by atoms with Gasteiger partial charge in [-0.1, -0.05) is 36.4 Å². The molecule has 28 heavy (non-hydrogen) atoms. The summed E-state index contributed by atoms with van der Waals surface area (Å²) in [4.78, 5) is 21.5. The van der Waals surface area contributed by atoms with Crippen LogP contribution in [0.2, 0.25) is 0 Å². The lowest BCUT2D eigenvalue weighted by Gasteiger charge is -2.29. The van der Waals surface area contributed by atoms with E-state index in [2.05, 4.69) is 44.4 Å². The molecule has 6 nitrogen and oxygen atoms in total. The number of carbonyl (C=O) groups excluding carboxylic acids is 1. The van der Waals surface area contributed by atoms with Crippen molar-refractivity contribution in [2.75, 3.05) is 50.8 Å². The first-order valence-electron chi connectivity index (χ1n) is 10.1. The molecule has 2 fully saturated rings. The quantitative estimate of drug-likeness (QED) is 0.831. The van der Waals surface area contributed by atoms with Crippen LogP contribution in [0, 0.1) is 0 Å². The van der Waals surface area contributed by atoms with Crippen LogP contribution in [0.4, 0.5) is 5.82 Å². The summed E-state index contributed by atoms with van der Waals surface area (Å²) in [5.41, 5.74) is 2.43. The average Bonchev–Trinajstić information content (AvgIpc) is 3.22. The Bertz CT molecular complexity index is 777. The van der Waals surface area contributed by atoms with E-state index in [0.29, 0.717) is 19.0 Å². The highest BCUT2D eigenvalue weighted by Gasteiger charge is 2.25. The first-order chi connectivity index (χ1) is 13.8. The highest BCUT2D eigenvalue weighted by Crippen LogP contribution is 2.26. The van der Waals surface area contributed by atoms with Crippen LogP contribution in [-0.2, 0) is 16.1 Å². The smallest absolute Gasteiger partial charge is 0.234 e. The minimum atomic E-state index is 0.0745. The van der Waals surface area contributed by atoms with Crippen molar-refractivity contribution in [3.63, 3.8) is 0 Å². The number of carbonyl (C=O) groups is 1. The van der Waals surface area contributed by atoms with E-state index in [9.17, 15) is 4.79 Å². The molecule has 0 bridgehead atoms. The molecule has 0 spiro atoms. The van der Waals surface area contributed by atoms with Gasteiger partial charge in [-0.25, -0.2) is 4.98 Å². The number of likely N-dealkylation sites (tertiary alicyclic amines) is 1. The fraction of sp³-hybridized carbons (Fsp3) is 0.455. The lowest BCUT2D eigenvalue weighted by molar-refractivity contribution is -0.122. The largest absolute Gasteiger partial charge is 0.378 e. The number of hydrogen-bond acceptors (Lipinski definition) is 5. The van der Waals surface area contributed by atoms with Gasteiger partial charge in [0.1, 0.15) is 5.82 Å². The van der Waals surface area contributed by atoms with E-state index >= 15 is 0 Å². The van der Waals surface area contributed by atoms with Crippen LogP contribution < -0.4 is 10.2 Å². The Hall–Kier alpha value is -2.44. The maximum absolute atomic E-state index is 12.5. The third-order valence-electron chi connectivity index (χ3n) is 5.56. The minimum Gasteiger partial charge on any atom is -0.378 e. The Morgan fingerprint density at radius 1 is 1.11 bits per heavy atom. The van der Waals surface area contributed by atoms with E-state index in [1.54, 1.807) is 0 Å². The molecule has 148 valence electrons. The Kier molecular flexibility index (Phi) is 6.19. The van der Waals surface area contributed by atoms with E-state index in [0.717, 1.165) is 57.2 Å². The Morgan fingerprint density at radius 3 is 2.75 bits per heavy atom. The molecule has 1 aromatic carbocycles. The minimum absolute atomic E-state index is 0.0745. The first kappa shape index (κ1) is 18.9. The summed E-state index contributed by atoms with van der Waals surface area (Å²) in [5.74, 6) is 1.56. The van der Waals surface area contributed by atoms with Gasteiger partial charge in [0.05, 0.1) is 19.8 Å². The monoisotopic (exact) mass is 380 g/mol. The number of rotatable bonds is 6. The summed E-state index contributed by atoms with van der Waals surface area (Å²) < 4.78 is 5.43. The average molecular weight is 380 g/mol. The lowest BCUT2D eigenvalue weighted by Crippen LogP contribution is -2.38. The van der Waals surface area contributed by atoms with E-state index in [-0.39, 0.29) is 5.91 Å². The topological polar surface area (TPSA) is 57.7 Å². The van der Waals surface area contributed by atoms with Crippen molar-refractivity contribution in [2.45, 2.75) is 18.9 Å². The van der Waals surface area contributed by atoms with Crippen molar-refractivity contribution in [1.82, 2.24) is 15.2 Å². The molecule has 4 rings (SSSR count). The summed E-state index contributed by atoms with van der Waals surface area (Å²) in [5, 5.41) is 3.08. The molecule has 2 aliphatic heterocycles. The van der Waals surface area contributed by atoms with E-state index in [4.69, 9.17) is 4.74 Å². The summed E-state index contributed by atoms with van der Waals surface area (Å²) >= 11 is 0. The van der Waals surface area contributed by atoms with Gasteiger partial charge < -0.3 is 15.0 Å². The Balaban J connectivity index is 1.28. The second-order valence-electron chi connectivity index (χ2n) is 7.49. The second-order valence-corrected chi connectivity index (χ2v) is 7.49. The molecule has 1 amide bonds. The van der Waals surface area contributed by atoms with Crippen molar-refractivity contribution in [3.05, 3.63) is 59.8 Å². The summed E-state index contributed by atoms with van der Waals surface area (Å²) in [6.45, 7) is 6.01. The van der Waals surface area contributed by atoms with Crippen LogP contribution in [0.1, 0.15) is 23.5 Å². The number of anilines is 1. The van der Waals surface area contributed by atoms with Crippen molar-refractivity contribution >= 4 is 11.7 Å². The van der Waals surface area contributed by atoms with Crippen LogP contribution in [0.25, 0.3) is 0 Å². The second kappa shape index (κ2) is 9.17. The van der Waals surface area contributed by atoms with Crippen molar-refractivity contribution in [3.8, 4) is 0 Å². The maximum Gasteiger partial charge on any atom is 0.234 e. The number of nitrogens with zero attached hydrogens (tertiary/aromatic N) is 3. The fourth-order valence-corrected chi connectivity index (χ4v) is 4.05. The van der Waals surface area contributed by atoms with Gasteiger partial charge in [-0.2, -0.15) is 0 Å². The zero-order valence-corrected chi connectivity index (χ0v) is 16.2. The van der Waals surface area contributed by atoms with E-state index < -0.39 is 0 Å². The SMILES string of the molecule is O=C(CN1CCC(c2ccccc2)C1)NCc1cccnc1N1CCOCC1. The highest BCUT2D eigenvalue weighted by molar-refractivity contribution is 5.78. The normalized spacial score (nSPS) is 20.3. The third-order valence-corrected chi connectivity index (χ3v) is 5.56. The molecule has 2 aromatic rings. The molecule has 0 radical (unpaired) electrons. The molecule has 3 heterocycles. The number of aromatic nitrogens is 1. The van der Waals surface area contributed by atoms with Crippen LogP contribution in [0.15, 0.2) is 48.7 Å². The number of hydrogen-bond donors (Lipinski definition) is 1. The van der Waals surface area contributed by atoms with Gasteiger partial charge in [-0.15, -0.1) is 0 Å². The van der Waals surface area contributed by atoms with Gasteiger partial charge in [0, 0.05) is 37.9 Å². The highest BCUT2D eigenvalue weighted by atomic mass is 16.5. The number of nitrogens with one attached hydrogen (secondary N) is 1. The summed E-state index contributed by atoms with van der Waals surface area (Å²) in [6, 6.07) is 14.6. The predicted octanol–water partition coefficient (Wildman–Crippen LogP) is 2.02. The fourth-order valence-electron chi connectivity index (χ4n) is 4.05. The van der Waals surface area contributed by atoms with Crippen LogP contribution in [0.3, 0.4) is 0 Å². The standard InChI is InChI=1S/C22H28N4O2/c27-21(17-25-10-8-20(16-25)18-5-2-1-3-6-18)24-15-19-7-4-9-23-22(19)26-11-13-28-14-12-26/h1-7,9,20H,8,10-17H2,(H,24,27). The number of benzene rings is 1. The van der Waals surface area contributed by atoms with Gasteiger partial charge in [0.25, 0.3) is 0 Å². The molecule has 0 aliphatic carbocycles. The molecule has 6 heteroatoms. The zero-order valence-electron chi connectivity index (χ0n) is 16.2. The van der Waals surface area contributed by atoms with Crippen molar-refractivity contribution in [2.24, 2.45) is 0 Å². The molecule has 1 unspecified atom stereocenters. The molecular formula is C22H28N4O2. The molecular weight excluding hydrogens is 352 g/mol. The first-order valence-corrected chi connectivity index (χ1v) is 10.1. The van der Waals surface area contributed by atoms with Crippen LogP contribution in [0.5, 0.6) is 0 Å². The molecule has 1 aromatic heterocycles. The van der Waals surface area contributed by atoms with E-state index in [1.807, 2.05) is 24.4 Å². The van der Waals surface area contributed by atoms with Crippen molar-refractivity contribution < 1.29 is 9.53 Å². The maximum atomic E-state index is 12.5. The predicted molar refractivity (Wildman–Crippen MR) is 109 cm³/mol. The van der Waals surface area contributed by atoms with E-state index in [1.165, 1.54) is 5.56 Å². The lowest BCUT2D eigenvalue weighted by atomic mass is 9.99. The molecule has 0 saturated carbocycles. The Morgan fingerprint density at radius 2 is 1.93 bits per heavy atom. The van der Waals surface area contributed by atoms with Gasteiger partial charge in [-0.3, -0.25) is 9.69 Å². The molecule has 1 atom stereocenters. The third kappa shape index (κ3) is 4.69. The van der Waals surface area contributed by atoms with Crippen molar-refractivity contribution in [1.29, 1.82) is 0 Å². The van der Waals surface area contributed by atoms with Crippen LogP contribution >= 0.6 is 0 Å². The molecule has 2 aliphatic rings. The summed E-state index contributed by atoms with van der Waals surface area (Å²) in [7, 11) is 0. The zero-order chi connectivity index (χ0) is 19.2. The molecule has 1 N–H and O–H groups in total. The van der Waals surface area contributed by atoms with Crippen LogP contribution in [-0.4, -0.2) is 61.7 Å². The Labute approximate surface area is 166 Å². The number of ether oxygens (including phenoxy) is 1. The molecule has 2 saturated heterocycles. The number of morpholine rings is 1. The van der Waals surface area contributed by atoms with Gasteiger partial charge in [0.2, 0.25) is 5.91 Å². The van der Waals surface area contributed by atoms with Gasteiger partial charge >= 0.3 is 0 Å². The van der Waals surface area contributed by atoms with Gasteiger partial charge in [-0.05, 0) is 30.5 Å². The number of amides is 1. The number of pyridine rings is 1. The summed E-state index contributed by atoms with van der Waals surface area (Å²) in [6.07, 6.45) is 2.92. The van der Waals surface area contributed by atoms with Gasteiger partial charge in [0.15, 0.2) is 0 Å².